The third kappa shape index (κ3) is 4.53. The fourth-order valence-electron chi connectivity index (χ4n) is 2.17. The fraction of sp³-hybridized carbons (Fsp3) is 0.222. The van der Waals surface area contributed by atoms with Gasteiger partial charge < -0.3 is 15.2 Å². The molecule has 0 spiro atoms. The minimum absolute atomic E-state index is 0.147. The lowest BCUT2D eigenvalue weighted by Gasteiger charge is -2.17. The third-order valence-corrected chi connectivity index (χ3v) is 3.52. The van der Waals surface area contributed by atoms with Crippen LogP contribution in [0.4, 0.5) is 18.9 Å². The van der Waals surface area contributed by atoms with Crippen molar-refractivity contribution in [2.24, 2.45) is 0 Å². The Balaban J connectivity index is 2.10. The smallest absolute Gasteiger partial charge is 0.418 e. The maximum Gasteiger partial charge on any atom is 0.418 e. The quantitative estimate of drug-likeness (QED) is 0.804. The lowest BCUT2D eigenvalue weighted by molar-refractivity contribution is -0.137. The van der Waals surface area contributed by atoms with Crippen LogP contribution >= 0.6 is 0 Å². The molecule has 0 aliphatic rings. The van der Waals surface area contributed by atoms with Crippen molar-refractivity contribution in [1.29, 1.82) is 0 Å². The van der Waals surface area contributed by atoms with E-state index in [1.165, 1.54) is 31.2 Å². The van der Waals surface area contributed by atoms with Gasteiger partial charge in [-0.05, 0) is 43.7 Å². The molecule has 0 unspecified atom stereocenters. The second-order valence-electron chi connectivity index (χ2n) is 5.60. The number of carbonyl (C=O) groups is 2. The first-order valence-corrected chi connectivity index (χ1v) is 7.57. The Bertz CT molecular complexity index is 833. The van der Waals surface area contributed by atoms with E-state index >= 15 is 0 Å². The number of esters is 1. The Morgan fingerprint density at radius 2 is 1.81 bits per heavy atom. The Morgan fingerprint density at radius 1 is 1.15 bits per heavy atom. The highest BCUT2D eigenvalue weighted by Gasteiger charge is 2.34. The maximum atomic E-state index is 12.9. The first kappa shape index (κ1) is 19.3. The molecule has 0 aromatic heterocycles. The minimum Gasteiger partial charge on any atom is -0.507 e. The van der Waals surface area contributed by atoms with Crippen LogP contribution in [0.2, 0.25) is 0 Å². The Morgan fingerprint density at radius 3 is 2.42 bits per heavy atom. The molecule has 2 rings (SSSR count). The van der Waals surface area contributed by atoms with Gasteiger partial charge in [-0.15, -0.1) is 0 Å². The zero-order valence-corrected chi connectivity index (χ0v) is 13.9. The summed E-state index contributed by atoms with van der Waals surface area (Å²) in [6, 6.07) is 8.71. The average molecular weight is 367 g/mol. The molecular formula is C18H16F3NO4. The summed E-state index contributed by atoms with van der Waals surface area (Å²) in [7, 11) is 0. The van der Waals surface area contributed by atoms with Crippen LogP contribution in [0.5, 0.6) is 5.75 Å². The molecule has 1 amide bonds. The number of nitrogens with one attached hydrogen (secondary N) is 1. The number of hydrogen-bond donors (Lipinski definition) is 2. The van der Waals surface area contributed by atoms with Crippen molar-refractivity contribution in [1.82, 2.24) is 0 Å². The minimum atomic E-state index is -4.64. The SMILES string of the molecule is Cc1ccc(C(=O)O[C@H](C)C(=O)Nc2ccccc2C(F)(F)F)c(O)c1. The van der Waals surface area contributed by atoms with Crippen molar-refractivity contribution in [3.05, 3.63) is 59.2 Å². The molecule has 0 aliphatic carbocycles. The topological polar surface area (TPSA) is 75.6 Å². The molecule has 0 radical (unpaired) electrons. The van der Waals surface area contributed by atoms with Gasteiger partial charge in [-0.3, -0.25) is 4.79 Å². The molecule has 0 saturated carbocycles. The van der Waals surface area contributed by atoms with Crippen LogP contribution < -0.4 is 5.32 Å². The summed E-state index contributed by atoms with van der Waals surface area (Å²) in [4.78, 5) is 24.1. The highest BCUT2D eigenvalue weighted by molar-refractivity contribution is 5.98. The number of rotatable bonds is 4. The number of hydrogen-bond acceptors (Lipinski definition) is 4. The van der Waals surface area contributed by atoms with Crippen LogP contribution in [0, 0.1) is 6.92 Å². The van der Waals surface area contributed by atoms with Gasteiger partial charge in [-0.1, -0.05) is 18.2 Å². The monoisotopic (exact) mass is 367 g/mol. The summed E-state index contributed by atoms with van der Waals surface area (Å²) in [5.74, 6) is -2.21. The Hall–Kier alpha value is -3.03. The number of aromatic hydroxyl groups is 1. The summed E-state index contributed by atoms with van der Waals surface area (Å²) in [5, 5.41) is 11.8. The summed E-state index contributed by atoms with van der Waals surface area (Å²) in [6.07, 6.45) is -6.01. The van der Waals surface area contributed by atoms with Gasteiger partial charge in [0.2, 0.25) is 0 Å². The maximum absolute atomic E-state index is 12.9. The van der Waals surface area contributed by atoms with Crippen molar-refractivity contribution < 1.29 is 32.6 Å². The van der Waals surface area contributed by atoms with Gasteiger partial charge >= 0.3 is 12.1 Å². The van der Waals surface area contributed by atoms with E-state index in [0.717, 1.165) is 12.1 Å². The molecule has 2 aromatic rings. The predicted molar refractivity (Wildman–Crippen MR) is 87.8 cm³/mol. The number of anilines is 1. The molecule has 2 N–H and O–H groups in total. The van der Waals surface area contributed by atoms with Gasteiger partial charge in [0, 0.05) is 0 Å². The van der Waals surface area contributed by atoms with Gasteiger partial charge in [-0.2, -0.15) is 13.2 Å². The normalized spacial score (nSPS) is 12.3. The van der Waals surface area contributed by atoms with E-state index in [1.807, 2.05) is 0 Å². The summed E-state index contributed by atoms with van der Waals surface area (Å²) in [5.41, 5.74) is -0.881. The number of aryl methyl sites for hydroxylation is 1. The fourth-order valence-corrected chi connectivity index (χ4v) is 2.17. The van der Waals surface area contributed by atoms with E-state index < -0.39 is 35.4 Å². The molecule has 0 heterocycles. The molecule has 0 saturated heterocycles. The molecule has 2 aromatic carbocycles. The van der Waals surface area contributed by atoms with Crippen LogP contribution in [0.25, 0.3) is 0 Å². The van der Waals surface area contributed by atoms with E-state index in [1.54, 1.807) is 13.0 Å². The van der Waals surface area contributed by atoms with Gasteiger partial charge in [0.1, 0.15) is 11.3 Å². The van der Waals surface area contributed by atoms with E-state index in [4.69, 9.17) is 4.74 Å². The molecule has 26 heavy (non-hydrogen) atoms. The average Bonchev–Trinajstić information content (AvgIpc) is 2.54. The van der Waals surface area contributed by atoms with Gasteiger partial charge in [0.15, 0.2) is 6.10 Å². The van der Waals surface area contributed by atoms with Gasteiger partial charge in [-0.25, -0.2) is 4.79 Å². The molecule has 0 fully saturated rings. The number of para-hydroxylation sites is 1. The molecule has 1 atom stereocenters. The number of amides is 1. The highest BCUT2D eigenvalue weighted by Crippen LogP contribution is 2.34. The molecule has 0 bridgehead atoms. The van der Waals surface area contributed by atoms with Crippen LogP contribution in [0.1, 0.15) is 28.4 Å². The predicted octanol–water partition coefficient (Wildman–Crippen LogP) is 3.90. The highest BCUT2D eigenvalue weighted by atomic mass is 19.4. The number of alkyl halides is 3. The number of carbonyl (C=O) groups excluding carboxylic acids is 2. The van der Waals surface area contributed by atoms with E-state index in [-0.39, 0.29) is 11.3 Å². The summed E-state index contributed by atoms with van der Waals surface area (Å²) < 4.78 is 43.8. The molecule has 5 nitrogen and oxygen atoms in total. The zero-order chi connectivity index (χ0) is 19.5. The van der Waals surface area contributed by atoms with Crippen molar-refractivity contribution in [2.75, 3.05) is 5.32 Å². The zero-order valence-electron chi connectivity index (χ0n) is 13.9. The number of phenols is 1. The molecule has 8 heteroatoms. The van der Waals surface area contributed by atoms with E-state index in [2.05, 4.69) is 5.32 Å². The van der Waals surface area contributed by atoms with Crippen LogP contribution in [-0.2, 0) is 15.7 Å². The van der Waals surface area contributed by atoms with Crippen molar-refractivity contribution >= 4 is 17.6 Å². The van der Waals surface area contributed by atoms with Crippen molar-refractivity contribution in [3.8, 4) is 5.75 Å². The second-order valence-corrected chi connectivity index (χ2v) is 5.60. The third-order valence-electron chi connectivity index (χ3n) is 3.52. The van der Waals surface area contributed by atoms with Crippen LogP contribution in [0.15, 0.2) is 42.5 Å². The molecule has 0 aliphatic heterocycles. The van der Waals surface area contributed by atoms with Crippen LogP contribution in [0.3, 0.4) is 0 Å². The molecular weight excluding hydrogens is 351 g/mol. The lowest BCUT2D eigenvalue weighted by Crippen LogP contribution is -2.30. The first-order chi connectivity index (χ1) is 12.1. The van der Waals surface area contributed by atoms with Crippen molar-refractivity contribution in [3.63, 3.8) is 0 Å². The van der Waals surface area contributed by atoms with Gasteiger partial charge in [0.05, 0.1) is 11.3 Å². The lowest BCUT2D eigenvalue weighted by atomic mass is 10.1. The number of phenolic OH excluding ortho intramolecular Hbond substituents is 1. The second kappa shape index (κ2) is 7.47. The summed E-state index contributed by atoms with van der Waals surface area (Å²) in [6.45, 7) is 2.93. The summed E-state index contributed by atoms with van der Waals surface area (Å²) >= 11 is 0. The number of benzene rings is 2. The van der Waals surface area contributed by atoms with E-state index in [9.17, 15) is 27.9 Å². The first-order valence-electron chi connectivity index (χ1n) is 7.57. The Kier molecular flexibility index (Phi) is 5.54. The Labute approximate surface area is 147 Å². The van der Waals surface area contributed by atoms with E-state index in [0.29, 0.717) is 5.56 Å². The van der Waals surface area contributed by atoms with Crippen LogP contribution in [-0.4, -0.2) is 23.1 Å². The number of ether oxygens (including phenoxy) is 1. The standard InChI is InChI=1S/C18H16F3NO4/c1-10-7-8-12(15(23)9-10)17(25)26-11(2)16(24)22-14-6-4-3-5-13(14)18(19,20)21/h3-9,11,23H,1-2H3,(H,22,24)/t11-/m1/s1. The molecule has 138 valence electrons. The largest absolute Gasteiger partial charge is 0.507 e. The number of halogens is 3. The van der Waals surface area contributed by atoms with Gasteiger partial charge in [0.25, 0.3) is 5.91 Å². The van der Waals surface area contributed by atoms with Crippen molar-refractivity contribution in [2.45, 2.75) is 26.1 Å².